The van der Waals surface area contributed by atoms with E-state index in [1.165, 1.54) is 17.7 Å². The van der Waals surface area contributed by atoms with E-state index in [9.17, 15) is 4.79 Å². The molecular formula is C14H20N6OS. The smallest absolute Gasteiger partial charge is 0.266 e. The lowest BCUT2D eigenvalue weighted by Gasteiger charge is -2.32. The number of hydrogen-bond donors (Lipinski definition) is 1. The maximum atomic E-state index is 12.7. The maximum absolute atomic E-state index is 12.7. The Balaban J connectivity index is 1.65. The quantitative estimate of drug-likeness (QED) is 0.895. The molecule has 118 valence electrons. The number of nitrogens with one attached hydrogen (secondary N) is 1. The second-order valence-corrected chi connectivity index (χ2v) is 6.35. The molecule has 1 saturated heterocycles. The van der Waals surface area contributed by atoms with E-state index in [1.807, 2.05) is 16.3 Å². The van der Waals surface area contributed by atoms with Crippen LogP contribution in [0.4, 0.5) is 0 Å². The molecule has 7 nitrogen and oxygen atoms in total. The van der Waals surface area contributed by atoms with Crippen LogP contribution in [0.3, 0.4) is 0 Å². The summed E-state index contributed by atoms with van der Waals surface area (Å²) in [5, 5.41) is 16.4. The summed E-state index contributed by atoms with van der Waals surface area (Å²) >= 11 is 1.44. The van der Waals surface area contributed by atoms with E-state index in [0.29, 0.717) is 10.8 Å². The third-order valence-corrected chi connectivity index (χ3v) is 4.91. The third-order valence-electron chi connectivity index (χ3n) is 4.02. The van der Waals surface area contributed by atoms with Crippen LogP contribution in [-0.4, -0.2) is 57.2 Å². The topological polar surface area (TPSA) is 75.9 Å². The minimum atomic E-state index is 0.0856. The highest BCUT2D eigenvalue weighted by Crippen LogP contribution is 2.25. The summed E-state index contributed by atoms with van der Waals surface area (Å²) in [7, 11) is 0. The van der Waals surface area contributed by atoms with Crippen LogP contribution >= 0.6 is 11.3 Å². The zero-order valence-corrected chi connectivity index (χ0v) is 13.4. The van der Waals surface area contributed by atoms with Crippen molar-refractivity contribution in [3.63, 3.8) is 0 Å². The summed E-state index contributed by atoms with van der Waals surface area (Å²) in [6, 6.07) is 1.88. The number of piperidine rings is 1. The minimum Gasteiger partial charge on any atom is -0.338 e. The van der Waals surface area contributed by atoms with Gasteiger partial charge in [-0.15, -0.1) is 16.4 Å². The Labute approximate surface area is 133 Å². The summed E-state index contributed by atoms with van der Waals surface area (Å²) in [6.07, 6.45) is 3.64. The number of aromatic nitrogens is 4. The molecule has 22 heavy (non-hydrogen) atoms. The van der Waals surface area contributed by atoms with E-state index in [-0.39, 0.29) is 5.91 Å². The maximum Gasteiger partial charge on any atom is 0.266 e. The van der Waals surface area contributed by atoms with Gasteiger partial charge in [0.1, 0.15) is 11.2 Å². The van der Waals surface area contributed by atoms with Gasteiger partial charge < -0.3 is 10.2 Å². The molecule has 0 aliphatic carbocycles. The van der Waals surface area contributed by atoms with E-state index < -0.39 is 0 Å². The lowest BCUT2D eigenvalue weighted by atomic mass is 9.96. The number of amides is 1. The van der Waals surface area contributed by atoms with Gasteiger partial charge in [0.25, 0.3) is 5.91 Å². The highest BCUT2D eigenvalue weighted by Gasteiger charge is 2.26. The first-order chi connectivity index (χ1) is 10.8. The standard InChI is InChI=1S/C14H20N6OS/c1-2-15-9-11-3-6-19(7-4-11)14(21)13-12(5-8-22-13)20-10-16-17-18-20/h5,8,10-11,15H,2-4,6-7,9H2,1H3. The van der Waals surface area contributed by atoms with Gasteiger partial charge in [-0.2, -0.15) is 4.68 Å². The fraction of sp³-hybridized carbons (Fsp3) is 0.571. The molecule has 1 fully saturated rings. The number of nitrogens with zero attached hydrogens (tertiary/aromatic N) is 5. The first kappa shape index (κ1) is 15.1. The molecule has 2 aromatic rings. The van der Waals surface area contributed by atoms with Crippen LogP contribution in [0, 0.1) is 5.92 Å². The second kappa shape index (κ2) is 6.97. The Morgan fingerprint density at radius 1 is 1.45 bits per heavy atom. The highest BCUT2D eigenvalue weighted by molar-refractivity contribution is 7.12. The van der Waals surface area contributed by atoms with Gasteiger partial charge in [-0.3, -0.25) is 4.79 Å². The second-order valence-electron chi connectivity index (χ2n) is 5.43. The van der Waals surface area contributed by atoms with Crippen molar-refractivity contribution in [3.8, 4) is 5.69 Å². The van der Waals surface area contributed by atoms with E-state index >= 15 is 0 Å². The Morgan fingerprint density at radius 2 is 2.27 bits per heavy atom. The Kier molecular flexibility index (Phi) is 4.79. The first-order valence-electron chi connectivity index (χ1n) is 7.60. The lowest BCUT2D eigenvalue weighted by molar-refractivity contribution is 0.0695. The molecule has 0 bridgehead atoms. The van der Waals surface area contributed by atoms with E-state index in [4.69, 9.17) is 0 Å². The van der Waals surface area contributed by atoms with Crippen molar-refractivity contribution in [3.05, 3.63) is 22.7 Å². The Bertz CT molecular complexity index is 603. The average molecular weight is 320 g/mol. The predicted octanol–water partition coefficient (Wildman–Crippen LogP) is 1.19. The molecule has 0 spiro atoms. The first-order valence-corrected chi connectivity index (χ1v) is 8.48. The number of rotatable bonds is 5. The molecule has 3 heterocycles. The molecule has 0 atom stereocenters. The van der Waals surface area contributed by atoms with Crippen LogP contribution in [-0.2, 0) is 0 Å². The predicted molar refractivity (Wildman–Crippen MR) is 84.2 cm³/mol. The van der Waals surface area contributed by atoms with Gasteiger partial charge >= 0.3 is 0 Å². The van der Waals surface area contributed by atoms with Crippen LogP contribution in [0.25, 0.3) is 5.69 Å². The minimum absolute atomic E-state index is 0.0856. The summed E-state index contributed by atoms with van der Waals surface area (Å²) in [5.41, 5.74) is 0.759. The van der Waals surface area contributed by atoms with Crippen LogP contribution < -0.4 is 5.32 Å². The van der Waals surface area contributed by atoms with Crippen molar-refractivity contribution >= 4 is 17.2 Å². The normalized spacial score (nSPS) is 16.1. The van der Waals surface area contributed by atoms with Crippen molar-refractivity contribution in [1.82, 2.24) is 30.4 Å². The van der Waals surface area contributed by atoms with E-state index in [0.717, 1.165) is 44.7 Å². The number of hydrogen-bond acceptors (Lipinski definition) is 6. The molecule has 0 radical (unpaired) electrons. The van der Waals surface area contributed by atoms with Crippen molar-refractivity contribution in [2.45, 2.75) is 19.8 Å². The third kappa shape index (κ3) is 3.17. The fourth-order valence-corrected chi connectivity index (χ4v) is 3.59. The van der Waals surface area contributed by atoms with Gasteiger partial charge in [-0.25, -0.2) is 0 Å². The molecule has 1 aliphatic rings. The number of thiophene rings is 1. The van der Waals surface area contributed by atoms with Crippen LogP contribution in [0.15, 0.2) is 17.8 Å². The SMILES string of the molecule is CCNCC1CCN(C(=O)c2sccc2-n2cnnn2)CC1. The Hall–Kier alpha value is -1.80. The summed E-state index contributed by atoms with van der Waals surface area (Å²) in [5.74, 6) is 0.758. The molecule has 1 amide bonds. The highest BCUT2D eigenvalue weighted by atomic mass is 32.1. The molecule has 8 heteroatoms. The molecule has 1 N–H and O–H groups in total. The van der Waals surface area contributed by atoms with E-state index in [2.05, 4.69) is 27.8 Å². The number of likely N-dealkylation sites (tertiary alicyclic amines) is 1. The fourth-order valence-electron chi connectivity index (χ4n) is 2.75. The molecule has 1 aliphatic heterocycles. The van der Waals surface area contributed by atoms with Gasteiger partial charge in [0.05, 0.1) is 5.69 Å². The zero-order valence-electron chi connectivity index (χ0n) is 12.6. The monoisotopic (exact) mass is 320 g/mol. The van der Waals surface area contributed by atoms with Crippen molar-refractivity contribution in [2.24, 2.45) is 5.92 Å². The summed E-state index contributed by atoms with van der Waals surface area (Å²) < 4.78 is 1.54. The van der Waals surface area contributed by atoms with Crippen molar-refractivity contribution in [2.75, 3.05) is 26.2 Å². The molecule has 0 unspecified atom stereocenters. The number of carbonyl (C=O) groups is 1. The molecule has 3 rings (SSSR count). The van der Waals surface area contributed by atoms with Gasteiger partial charge in [0.2, 0.25) is 0 Å². The largest absolute Gasteiger partial charge is 0.338 e. The molecule has 2 aromatic heterocycles. The van der Waals surface area contributed by atoms with Crippen molar-refractivity contribution < 1.29 is 4.79 Å². The number of tetrazole rings is 1. The average Bonchev–Trinajstić information content (AvgIpc) is 3.23. The molecular weight excluding hydrogens is 300 g/mol. The Morgan fingerprint density at radius 3 is 2.95 bits per heavy atom. The van der Waals surface area contributed by atoms with Gasteiger partial charge in [-0.05, 0) is 53.7 Å². The van der Waals surface area contributed by atoms with Crippen LogP contribution in [0.1, 0.15) is 29.4 Å². The van der Waals surface area contributed by atoms with Gasteiger partial charge in [0, 0.05) is 13.1 Å². The number of carbonyl (C=O) groups excluding carboxylic acids is 1. The lowest BCUT2D eigenvalue weighted by Crippen LogP contribution is -2.40. The van der Waals surface area contributed by atoms with Crippen LogP contribution in [0.2, 0.25) is 0 Å². The summed E-state index contributed by atoms with van der Waals surface area (Å²) in [4.78, 5) is 15.4. The van der Waals surface area contributed by atoms with Crippen LogP contribution in [0.5, 0.6) is 0 Å². The van der Waals surface area contributed by atoms with Crippen molar-refractivity contribution in [1.29, 1.82) is 0 Å². The van der Waals surface area contributed by atoms with Gasteiger partial charge in [-0.1, -0.05) is 6.92 Å². The zero-order chi connectivity index (χ0) is 15.4. The summed E-state index contributed by atoms with van der Waals surface area (Å²) in [6.45, 7) is 5.82. The molecule has 0 aromatic carbocycles. The van der Waals surface area contributed by atoms with Gasteiger partial charge in [0.15, 0.2) is 0 Å². The van der Waals surface area contributed by atoms with E-state index in [1.54, 1.807) is 4.68 Å². The molecule has 0 saturated carbocycles.